The van der Waals surface area contributed by atoms with E-state index >= 15 is 0 Å². The number of anilines is 1. The van der Waals surface area contributed by atoms with Crippen molar-refractivity contribution in [3.05, 3.63) is 42.1 Å². The molecule has 2 N–H and O–H groups in total. The molecule has 0 amide bonds. The number of nitrogens with zero attached hydrogens (tertiary/aromatic N) is 1. The topological polar surface area (TPSA) is 48.1 Å². The quantitative estimate of drug-likeness (QED) is 0.836. The van der Waals surface area contributed by atoms with E-state index in [-0.39, 0.29) is 0 Å². The standard InChI is InChI=1S/C13H14N2O/c1-9-3-6-13(16-2)11(7-9)12-5-4-10(14)8-15-12/h3-8H,14H2,1-2H3. The van der Waals surface area contributed by atoms with Crippen molar-refractivity contribution in [2.45, 2.75) is 6.92 Å². The average Bonchev–Trinajstić information content (AvgIpc) is 2.30. The molecule has 1 aromatic heterocycles. The van der Waals surface area contributed by atoms with Gasteiger partial charge in [-0.05, 0) is 31.2 Å². The van der Waals surface area contributed by atoms with Crippen LogP contribution in [0.15, 0.2) is 36.5 Å². The molecule has 0 aliphatic rings. The van der Waals surface area contributed by atoms with Gasteiger partial charge in [-0.25, -0.2) is 0 Å². The van der Waals surface area contributed by atoms with Crippen molar-refractivity contribution in [3.8, 4) is 17.0 Å². The Morgan fingerprint density at radius 3 is 2.62 bits per heavy atom. The maximum absolute atomic E-state index is 5.61. The summed E-state index contributed by atoms with van der Waals surface area (Å²) < 4.78 is 5.31. The van der Waals surface area contributed by atoms with Crippen LogP contribution in [0.5, 0.6) is 5.75 Å². The minimum Gasteiger partial charge on any atom is -0.496 e. The van der Waals surface area contributed by atoms with Gasteiger partial charge in [-0.3, -0.25) is 4.98 Å². The summed E-state index contributed by atoms with van der Waals surface area (Å²) >= 11 is 0. The monoisotopic (exact) mass is 214 g/mol. The van der Waals surface area contributed by atoms with Gasteiger partial charge in [0.05, 0.1) is 24.7 Å². The number of aryl methyl sites for hydroxylation is 1. The predicted molar refractivity (Wildman–Crippen MR) is 65.4 cm³/mol. The van der Waals surface area contributed by atoms with E-state index in [1.165, 1.54) is 5.56 Å². The molecule has 82 valence electrons. The minimum atomic E-state index is 0.662. The molecule has 0 aliphatic heterocycles. The molecule has 0 atom stereocenters. The SMILES string of the molecule is COc1ccc(C)cc1-c1ccc(N)cn1. The van der Waals surface area contributed by atoms with Gasteiger partial charge in [0.15, 0.2) is 0 Å². The number of aromatic nitrogens is 1. The molecule has 3 nitrogen and oxygen atoms in total. The van der Waals surface area contributed by atoms with Gasteiger partial charge in [-0.2, -0.15) is 0 Å². The van der Waals surface area contributed by atoms with Gasteiger partial charge >= 0.3 is 0 Å². The van der Waals surface area contributed by atoms with Crippen LogP contribution in [0.4, 0.5) is 5.69 Å². The first kappa shape index (κ1) is 10.5. The molecule has 0 bridgehead atoms. The van der Waals surface area contributed by atoms with Crippen LogP contribution < -0.4 is 10.5 Å². The van der Waals surface area contributed by atoms with Crippen molar-refractivity contribution in [2.24, 2.45) is 0 Å². The zero-order chi connectivity index (χ0) is 11.5. The zero-order valence-corrected chi connectivity index (χ0v) is 9.40. The first-order valence-electron chi connectivity index (χ1n) is 5.07. The summed E-state index contributed by atoms with van der Waals surface area (Å²) in [6.45, 7) is 2.04. The van der Waals surface area contributed by atoms with Crippen LogP contribution in [-0.2, 0) is 0 Å². The second kappa shape index (κ2) is 4.23. The van der Waals surface area contributed by atoms with E-state index in [0.717, 1.165) is 17.0 Å². The van der Waals surface area contributed by atoms with Gasteiger partial charge in [0.25, 0.3) is 0 Å². The first-order valence-corrected chi connectivity index (χ1v) is 5.07. The fraction of sp³-hybridized carbons (Fsp3) is 0.154. The normalized spacial score (nSPS) is 10.1. The van der Waals surface area contributed by atoms with E-state index in [1.54, 1.807) is 13.3 Å². The van der Waals surface area contributed by atoms with Crippen LogP contribution in [0.3, 0.4) is 0 Å². The molecule has 0 spiro atoms. The highest BCUT2D eigenvalue weighted by Crippen LogP contribution is 2.29. The fourth-order valence-electron chi connectivity index (χ4n) is 1.59. The van der Waals surface area contributed by atoms with E-state index in [4.69, 9.17) is 10.5 Å². The molecule has 0 aliphatic carbocycles. The fourth-order valence-corrected chi connectivity index (χ4v) is 1.59. The van der Waals surface area contributed by atoms with E-state index in [2.05, 4.69) is 11.1 Å². The summed E-state index contributed by atoms with van der Waals surface area (Å²) in [4.78, 5) is 4.29. The number of nitrogens with two attached hydrogens (primary N) is 1. The Hall–Kier alpha value is -2.03. The molecule has 2 rings (SSSR count). The summed E-state index contributed by atoms with van der Waals surface area (Å²) in [6, 6.07) is 9.75. The van der Waals surface area contributed by atoms with E-state index < -0.39 is 0 Å². The van der Waals surface area contributed by atoms with Crippen molar-refractivity contribution >= 4 is 5.69 Å². The summed E-state index contributed by atoms with van der Waals surface area (Å²) in [5, 5.41) is 0. The van der Waals surface area contributed by atoms with Crippen LogP contribution in [0.2, 0.25) is 0 Å². The van der Waals surface area contributed by atoms with Gasteiger partial charge in [-0.1, -0.05) is 11.6 Å². The van der Waals surface area contributed by atoms with Crippen molar-refractivity contribution in [2.75, 3.05) is 12.8 Å². The van der Waals surface area contributed by atoms with Crippen molar-refractivity contribution in [1.29, 1.82) is 0 Å². The van der Waals surface area contributed by atoms with Crippen molar-refractivity contribution < 1.29 is 4.74 Å². The number of ether oxygens (including phenoxy) is 1. The maximum atomic E-state index is 5.61. The van der Waals surface area contributed by atoms with Gasteiger partial charge in [-0.15, -0.1) is 0 Å². The molecular formula is C13H14N2O. The van der Waals surface area contributed by atoms with Gasteiger partial charge < -0.3 is 10.5 Å². The number of pyridine rings is 1. The number of rotatable bonds is 2. The van der Waals surface area contributed by atoms with E-state index in [0.29, 0.717) is 5.69 Å². The molecule has 16 heavy (non-hydrogen) atoms. The molecule has 0 saturated carbocycles. The number of benzene rings is 1. The minimum absolute atomic E-state index is 0.662. The Bertz CT molecular complexity index is 492. The molecule has 1 aromatic carbocycles. The highest BCUT2D eigenvalue weighted by molar-refractivity contribution is 5.68. The lowest BCUT2D eigenvalue weighted by Crippen LogP contribution is -1.92. The molecule has 0 radical (unpaired) electrons. The maximum Gasteiger partial charge on any atom is 0.128 e. The molecular weight excluding hydrogens is 200 g/mol. The van der Waals surface area contributed by atoms with Crippen LogP contribution in [0, 0.1) is 6.92 Å². The number of hydrogen-bond donors (Lipinski definition) is 1. The third kappa shape index (κ3) is 1.98. The molecule has 0 saturated heterocycles. The lowest BCUT2D eigenvalue weighted by atomic mass is 10.1. The first-order chi connectivity index (χ1) is 7.70. The molecule has 0 fully saturated rings. The van der Waals surface area contributed by atoms with Gasteiger partial charge in [0, 0.05) is 5.56 Å². The Morgan fingerprint density at radius 1 is 1.19 bits per heavy atom. The molecule has 0 unspecified atom stereocenters. The third-order valence-corrected chi connectivity index (χ3v) is 2.42. The Labute approximate surface area is 94.9 Å². The van der Waals surface area contributed by atoms with Crippen LogP contribution in [0.1, 0.15) is 5.56 Å². The highest BCUT2D eigenvalue weighted by atomic mass is 16.5. The Kier molecular flexibility index (Phi) is 2.77. The third-order valence-electron chi connectivity index (χ3n) is 2.42. The second-order valence-electron chi connectivity index (χ2n) is 3.68. The molecule has 2 aromatic rings. The Morgan fingerprint density at radius 2 is 2.00 bits per heavy atom. The second-order valence-corrected chi connectivity index (χ2v) is 3.68. The van der Waals surface area contributed by atoms with E-state index in [9.17, 15) is 0 Å². The Balaban J connectivity index is 2.53. The van der Waals surface area contributed by atoms with Crippen LogP contribution in [0.25, 0.3) is 11.3 Å². The lowest BCUT2D eigenvalue weighted by Gasteiger charge is -2.08. The largest absolute Gasteiger partial charge is 0.496 e. The summed E-state index contributed by atoms with van der Waals surface area (Å²) in [5.41, 5.74) is 9.31. The van der Waals surface area contributed by atoms with Crippen LogP contribution in [-0.4, -0.2) is 12.1 Å². The number of nitrogen functional groups attached to an aromatic ring is 1. The summed E-state index contributed by atoms with van der Waals surface area (Å²) in [5.74, 6) is 0.822. The van der Waals surface area contributed by atoms with E-state index in [1.807, 2.05) is 31.2 Å². The van der Waals surface area contributed by atoms with Crippen LogP contribution >= 0.6 is 0 Å². The van der Waals surface area contributed by atoms with Crippen molar-refractivity contribution in [3.63, 3.8) is 0 Å². The number of hydrogen-bond acceptors (Lipinski definition) is 3. The highest BCUT2D eigenvalue weighted by Gasteiger charge is 2.06. The van der Waals surface area contributed by atoms with Gasteiger partial charge in [0.2, 0.25) is 0 Å². The molecule has 1 heterocycles. The summed E-state index contributed by atoms with van der Waals surface area (Å²) in [6.07, 6.45) is 1.65. The van der Waals surface area contributed by atoms with Crippen molar-refractivity contribution in [1.82, 2.24) is 4.98 Å². The smallest absolute Gasteiger partial charge is 0.128 e. The number of methoxy groups -OCH3 is 1. The average molecular weight is 214 g/mol. The molecule has 3 heteroatoms. The lowest BCUT2D eigenvalue weighted by molar-refractivity contribution is 0.416. The summed E-state index contributed by atoms with van der Waals surface area (Å²) in [7, 11) is 1.66. The van der Waals surface area contributed by atoms with Gasteiger partial charge in [0.1, 0.15) is 5.75 Å². The predicted octanol–water partition coefficient (Wildman–Crippen LogP) is 2.65. The zero-order valence-electron chi connectivity index (χ0n) is 9.40.